The van der Waals surface area contributed by atoms with Gasteiger partial charge in [0.2, 0.25) is 0 Å². The van der Waals surface area contributed by atoms with Gasteiger partial charge in [0.25, 0.3) is 0 Å². The summed E-state index contributed by atoms with van der Waals surface area (Å²) >= 11 is 0. The van der Waals surface area contributed by atoms with E-state index in [2.05, 4.69) is 31.4 Å². The van der Waals surface area contributed by atoms with Gasteiger partial charge in [-0.25, -0.2) is 0 Å². The maximum Gasteiger partial charge on any atom is 0.0391 e. The first-order valence-corrected chi connectivity index (χ1v) is 12.8. The molecule has 2 saturated carbocycles. The van der Waals surface area contributed by atoms with Gasteiger partial charge in [0.1, 0.15) is 0 Å². The first-order valence-electron chi connectivity index (χ1n) is 12.8. The molecule has 0 aromatic heterocycles. The fraction of sp³-hybridized carbons (Fsp3) is 1.00. The van der Waals surface area contributed by atoms with Crippen LogP contribution in [0.25, 0.3) is 0 Å². The Morgan fingerprint density at radius 1 is 0.704 bits per heavy atom. The van der Waals surface area contributed by atoms with Crippen LogP contribution in [0.3, 0.4) is 0 Å². The zero-order chi connectivity index (χ0) is 19.4. The van der Waals surface area contributed by atoms with Crippen LogP contribution in [0.5, 0.6) is 0 Å². The molecular weight excluding hydrogens is 328 g/mol. The van der Waals surface area contributed by atoms with E-state index in [-0.39, 0.29) is 0 Å². The van der Waals surface area contributed by atoms with Gasteiger partial charge in [-0.3, -0.25) is 0 Å². The highest BCUT2D eigenvalue weighted by molar-refractivity contribution is 5.08. The van der Waals surface area contributed by atoms with Crippen molar-refractivity contribution < 1.29 is 0 Å². The number of rotatable bonds is 14. The SMILES string of the molecule is CCCCCCCCC(NCC)C(NCC)(C1CCCCC1)C1CCCC1. The molecule has 2 atom stereocenters. The standard InChI is InChI=1S/C25H50N2/c1-4-7-8-9-10-14-21-24(26-5-2)25(27-6-3,23-19-15-16-20-23)22-17-12-11-13-18-22/h22-24,26-27H,4-21H2,1-3H3. The molecule has 2 aliphatic carbocycles. The maximum atomic E-state index is 4.19. The first kappa shape index (κ1) is 23.2. The van der Waals surface area contributed by atoms with Gasteiger partial charge in [-0.15, -0.1) is 0 Å². The Balaban J connectivity index is 2.12. The van der Waals surface area contributed by atoms with Crippen molar-refractivity contribution >= 4 is 0 Å². The third-order valence-corrected chi connectivity index (χ3v) is 7.67. The highest BCUT2D eigenvalue weighted by Gasteiger charge is 2.50. The molecule has 2 N–H and O–H groups in total. The molecule has 2 aliphatic rings. The van der Waals surface area contributed by atoms with Crippen LogP contribution in [0.2, 0.25) is 0 Å². The van der Waals surface area contributed by atoms with Crippen LogP contribution in [0.1, 0.15) is 124 Å². The molecule has 0 aliphatic heterocycles. The van der Waals surface area contributed by atoms with Crippen LogP contribution >= 0.6 is 0 Å². The minimum atomic E-state index is 0.352. The Morgan fingerprint density at radius 3 is 1.81 bits per heavy atom. The van der Waals surface area contributed by atoms with E-state index in [1.54, 1.807) is 0 Å². The zero-order valence-electron chi connectivity index (χ0n) is 19.0. The maximum absolute atomic E-state index is 4.19. The Labute approximate surface area is 171 Å². The van der Waals surface area contributed by atoms with Crippen molar-refractivity contribution in [1.82, 2.24) is 10.6 Å². The molecule has 0 aromatic carbocycles. The van der Waals surface area contributed by atoms with E-state index >= 15 is 0 Å². The Morgan fingerprint density at radius 2 is 1.26 bits per heavy atom. The van der Waals surface area contributed by atoms with Crippen molar-refractivity contribution in [2.75, 3.05) is 13.1 Å². The van der Waals surface area contributed by atoms with Gasteiger partial charge in [0.15, 0.2) is 0 Å². The first-order chi connectivity index (χ1) is 13.3. The summed E-state index contributed by atoms with van der Waals surface area (Å²) in [5.74, 6) is 1.78. The molecule has 0 heterocycles. The summed E-state index contributed by atoms with van der Waals surface area (Å²) in [5, 5.41) is 8.21. The van der Waals surface area contributed by atoms with Crippen molar-refractivity contribution in [3.63, 3.8) is 0 Å². The number of nitrogens with one attached hydrogen (secondary N) is 2. The van der Waals surface area contributed by atoms with Gasteiger partial charge in [0, 0.05) is 11.6 Å². The molecule has 2 unspecified atom stereocenters. The van der Waals surface area contributed by atoms with E-state index < -0.39 is 0 Å². The van der Waals surface area contributed by atoms with Crippen molar-refractivity contribution in [2.45, 2.75) is 135 Å². The van der Waals surface area contributed by atoms with Crippen LogP contribution < -0.4 is 10.6 Å². The largest absolute Gasteiger partial charge is 0.312 e. The molecule has 0 bridgehead atoms. The smallest absolute Gasteiger partial charge is 0.0391 e. The number of hydrogen-bond donors (Lipinski definition) is 2. The van der Waals surface area contributed by atoms with Gasteiger partial charge in [-0.05, 0) is 57.0 Å². The minimum Gasteiger partial charge on any atom is -0.312 e. The molecule has 0 saturated heterocycles. The second-order valence-corrected chi connectivity index (χ2v) is 9.45. The van der Waals surface area contributed by atoms with E-state index in [1.807, 2.05) is 0 Å². The summed E-state index contributed by atoms with van der Waals surface area (Å²) in [6.07, 6.45) is 23.0. The lowest BCUT2D eigenvalue weighted by molar-refractivity contribution is 0.0504. The molecule has 2 heteroatoms. The van der Waals surface area contributed by atoms with E-state index in [0.717, 1.165) is 24.9 Å². The van der Waals surface area contributed by atoms with Crippen LogP contribution in [-0.2, 0) is 0 Å². The predicted molar refractivity (Wildman–Crippen MR) is 120 cm³/mol. The molecule has 160 valence electrons. The van der Waals surface area contributed by atoms with Crippen LogP contribution in [0, 0.1) is 11.8 Å². The summed E-state index contributed by atoms with van der Waals surface area (Å²) in [6.45, 7) is 9.23. The zero-order valence-corrected chi connectivity index (χ0v) is 19.0. The molecule has 0 spiro atoms. The number of unbranched alkanes of at least 4 members (excludes halogenated alkanes) is 5. The summed E-state index contributed by atoms with van der Waals surface area (Å²) in [4.78, 5) is 0. The summed E-state index contributed by atoms with van der Waals surface area (Å²) in [5.41, 5.74) is 0.352. The monoisotopic (exact) mass is 378 g/mol. The van der Waals surface area contributed by atoms with Gasteiger partial charge < -0.3 is 10.6 Å². The second-order valence-electron chi connectivity index (χ2n) is 9.45. The molecular formula is C25H50N2. The van der Waals surface area contributed by atoms with E-state index in [0.29, 0.717) is 11.6 Å². The van der Waals surface area contributed by atoms with Crippen LogP contribution in [0.4, 0.5) is 0 Å². The van der Waals surface area contributed by atoms with E-state index in [9.17, 15) is 0 Å². The molecule has 2 nitrogen and oxygen atoms in total. The van der Waals surface area contributed by atoms with Crippen LogP contribution in [0.15, 0.2) is 0 Å². The van der Waals surface area contributed by atoms with Crippen molar-refractivity contribution in [1.29, 1.82) is 0 Å². The number of likely N-dealkylation sites (N-methyl/N-ethyl adjacent to an activating group) is 2. The summed E-state index contributed by atoms with van der Waals surface area (Å²) in [7, 11) is 0. The van der Waals surface area contributed by atoms with Gasteiger partial charge >= 0.3 is 0 Å². The lowest BCUT2D eigenvalue weighted by Crippen LogP contribution is -2.67. The van der Waals surface area contributed by atoms with Gasteiger partial charge in [-0.2, -0.15) is 0 Å². The van der Waals surface area contributed by atoms with Crippen molar-refractivity contribution in [3.05, 3.63) is 0 Å². The van der Waals surface area contributed by atoms with Gasteiger partial charge in [-0.1, -0.05) is 91.4 Å². The highest BCUT2D eigenvalue weighted by atomic mass is 15.1. The second kappa shape index (κ2) is 13.2. The number of hydrogen-bond acceptors (Lipinski definition) is 2. The lowest BCUT2D eigenvalue weighted by Gasteiger charge is -2.53. The van der Waals surface area contributed by atoms with E-state index in [4.69, 9.17) is 0 Å². The quantitative estimate of drug-likeness (QED) is 0.323. The summed E-state index contributed by atoms with van der Waals surface area (Å²) in [6, 6.07) is 0.667. The fourth-order valence-electron chi connectivity index (χ4n) is 6.49. The van der Waals surface area contributed by atoms with Crippen LogP contribution in [-0.4, -0.2) is 24.7 Å². The summed E-state index contributed by atoms with van der Waals surface area (Å²) < 4.78 is 0. The molecule has 0 radical (unpaired) electrons. The lowest BCUT2D eigenvalue weighted by atomic mass is 9.62. The van der Waals surface area contributed by atoms with Crippen molar-refractivity contribution in [2.24, 2.45) is 11.8 Å². The molecule has 27 heavy (non-hydrogen) atoms. The molecule has 0 aromatic rings. The normalized spacial score (nSPS) is 22.8. The third kappa shape index (κ3) is 6.46. The third-order valence-electron chi connectivity index (χ3n) is 7.67. The van der Waals surface area contributed by atoms with Gasteiger partial charge in [0.05, 0.1) is 0 Å². The average molecular weight is 379 g/mol. The Kier molecular flexibility index (Phi) is 11.3. The fourth-order valence-corrected chi connectivity index (χ4v) is 6.49. The molecule has 0 amide bonds. The molecule has 2 fully saturated rings. The predicted octanol–water partition coefficient (Wildman–Crippen LogP) is 6.83. The van der Waals surface area contributed by atoms with E-state index in [1.165, 1.54) is 103 Å². The average Bonchev–Trinajstić information content (AvgIpc) is 3.24. The molecule has 2 rings (SSSR count). The topological polar surface area (TPSA) is 24.1 Å². The highest BCUT2D eigenvalue weighted by Crippen LogP contribution is 2.46. The Hall–Kier alpha value is -0.0800. The Bertz CT molecular complexity index is 357. The minimum absolute atomic E-state index is 0.352. The van der Waals surface area contributed by atoms with Crippen molar-refractivity contribution in [3.8, 4) is 0 Å².